The van der Waals surface area contributed by atoms with Crippen molar-refractivity contribution < 1.29 is 4.99 Å². The standard InChI is InChI=1S/C5H7N/c1-3-4-5-6-2/h3-5H,1-2H2/p+1/b5-4-. The van der Waals surface area contributed by atoms with Crippen LogP contribution in [-0.2, 0) is 0 Å². The van der Waals surface area contributed by atoms with Crippen LogP contribution in [0, 0.1) is 0 Å². The summed E-state index contributed by atoms with van der Waals surface area (Å²) in [7, 11) is 0. The van der Waals surface area contributed by atoms with E-state index in [-0.39, 0.29) is 0 Å². The maximum atomic E-state index is 3.44. The quantitative estimate of drug-likeness (QED) is 0.340. The third kappa shape index (κ3) is 3.15. The minimum absolute atomic E-state index is 1.68. The fraction of sp³-hybridized carbons (Fsp3) is 0. The van der Waals surface area contributed by atoms with Crippen LogP contribution < -0.4 is 4.99 Å². The molecule has 32 valence electrons. The lowest BCUT2D eigenvalue weighted by molar-refractivity contribution is -0.361. The van der Waals surface area contributed by atoms with Crippen molar-refractivity contribution >= 4 is 6.72 Å². The van der Waals surface area contributed by atoms with Crippen LogP contribution in [-0.4, -0.2) is 6.72 Å². The molecule has 0 saturated carbocycles. The molecule has 0 heterocycles. The largest absolute Gasteiger partial charge is 0.224 e. The van der Waals surface area contributed by atoms with Crippen LogP contribution in [0.5, 0.6) is 0 Å². The molecule has 0 atom stereocenters. The first-order valence-electron chi connectivity index (χ1n) is 1.72. The summed E-state index contributed by atoms with van der Waals surface area (Å²) in [6.45, 7) is 6.78. The molecule has 0 aliphatic heterocycles. The maximum absolute atomic E-state index is 3.44. The molecule has 1 N–H and O–H groups in total. The van der Waals surface area contributed by atoms with Gasteiger partial charge in [0.25, 0.3) is 0 Å². The van der Waals surface area contributed by atoms with Gasteiger partial charge in [-0.3, -0.25) is 0 Å². The van der Waals surface area contributed by atoms with Gasteiger partial charge >= 0.3 is 0 Å². The van der Waals surface area contributed by atoms with Crippen molar-refractivity contribution in [3.8, 4) is 0 Å². The van der Waals surface area contributed by atoms with Crippen molar-refractivity contribution in [3.63, 3.8) is 0 Å². The van der Waals surface area contributed by atoms with Crippen molar-refractivity contribution in [2.24, 2.45) is 0 Å². The Balaban J connectivity index is 3.17. The van der Waals surface area contributed by atoms with Crippen LogP contribution in [0.2, 0.25) is 0 Å². The van der Waals surface area contributed by atoms with E-state index in [0.29, 0.717) is 0 Å². The molecule has 1 nitrogen and oxygen atoms in total. The molecule has 0 amide bonds. The predicted octanol–water partition coefficient (Wildman–Crippen LogP) is -0.533. The summed E-state index contributed by atoms with van der Waals surface area (Å²) in [4.78, 5) is 2.57. The third-order valence-corrected chi connectivity index (χ3v) is 0.350. The van der Waals surface area contributed by atoms with Gasteiger partial charge < -0.3 is 0 Å². The zero-order valence-corrected chi connectivity index (χ0v) is 3.65. The number of rotatable bonds is 2. The SMILES string of the molecule is C=C/C=C\[NH+]=C. The second-order valence-electron chi connectivity index (χ2n) is 0.799. The summed E-state index contributed by atoms with van der Waals surface area (Å²) in [6.07, 6.45) is 5.15. The van der Waals surface area contributed by atoms with E-state index in [1.54, 1.807) is 18.4 Å². The summed E-state index contributed by atoms with van der Waals surface area (Å²) >= 11 is 0. The lowest BCUT2D eigenvalue weighted by Crippen LogP contribution is -2.57. The van der Waals surface area contributed by atoms with Gasteiger partial charge in [-0.1, -0.05) is 12.7 Å². The molecule has 0 unspecified atom stereocenters. The van der Waals surface area contributed by atoms with Crippen molar-refractivity contribution in [3.05, 3.63) is 24.9 Å². The molecule has 0 radical (unpaired) electrons. The second kappa shape index (κ2) is 4.15. The zero-order valence-electron chi connectivity index (χ0n) is 3.65. The van der Waals surface area contributed by atoms with Crippen LogP contribution >= 0.6 is 0 Å². The van der Waals surface area contributed by atoms with Gasteiger partial charge in [-0.25, -0.2) is 4.99 Å². The topological polar surface area (TPSA) is 14.0 Å². The Hall–Kier alpha value is -0.850. The van der Waals surface area contributed by atoms with E-state index in [9.17, 15) is 0 Å². The van der Waals surface area contributed by atoms with E-state index >= 15 is 0 Å². The lowest BCUT2D eigenvalue weighted by atomic mass is 10.6. The molecule has 0 aliphatic carbocycles. The Labute approximate surface area is 37.7 Å². The molecule has 0 aliphatic rings. The Morgan fingerprint density at radius 1 is 1.50 bits per heavy atom. The van der Waals surface area contributed by atoms with Crippen molar-refractivity contribution in [2.45, 2.75) is 0 Å². The van der Waals surface area contributed by atoms with Crippen molar-refractivity contribution in [1.82, 2.24) is 0 Å². The molecular weight excluding hydrogens is 74.1 g/mol. The van der Waals surface area contributed by atoms with Crippen molar-refractivity contribution in [1.29, 1.82) is 0 Å². The van der Waals surface area contributed by atoms with E-state index in [2.05, 4.69) is 18.3 Å². The summed E-state index contributed by atoms with van der Waals surface area (Å²) in [5.41, 5.74) is 0. The molecule has 0 aromatic heterocycles. The highest BCUT2D eigenvalue weighted by Crippen LogP contribution is 1.56. The molecule has 0 rings (SSSR count). The molecule has 0 saturated heterocycles. The minimum Gasteiger partial charge on any atom is -0.224 e. The first-order chi connectivity index (χ1) is 2.91. The Kier molecular flexibility index (Phi) is 3.56. The van der Waals surface area contributed by atoms with E-state index in [4.69, 9.17) is 0 Å². The monoisotopic (exact) mass is 82.1 g/mol. The van der Waals surface area contributed by atoms with E-state index in [1.807, 2.05) is 0 Å². The smallest absolute Gasteiger partial charge is 0.166 e. The van der Waals surface area contributed by atoms with Crippen LogP contribution in [0.3, 0.4) is 0 Å². The highest BCUT2D eigenvalue weighted by atomic mass is 14.6. The van der Waals surface area contributed by atoms with Crippen LogP contribution in [0.4, 0.5) is 0 Å². The van der Waals surface area contributed by atoms with Gasteiger partial charge in [-0.15, -0.1) is 0 Å². The zero-order chi connectivity index (χ0) is 4.83. The van der Waals surface area contributed by atoms with Crippen LogP contribution in [0.15, 0.2) is 24.9 Å². The molecule has 0 aromatic carbocycles. The van der Waals surface area contributed by atoms with Gasteiger partial charge in [0.15, 0.2) is 6.20 Å². The van der Waals surface area contributed by atoms with Crippen LogP contribution in [0.1, 0.15) is 0 Å². The minimum atomic E-state index is 1.68. The molecule has 0 aromatic rings. The van der Waals surface area contributed by atoms with Gasteiger partial charge in [0, 0.05) is 6.08 Å². The number of hydrogen-bond donors (Lipinski definition) is 1. The van der Waals surface area contributed by atoms with Gasteiger partial charge in [-0.2, -0.15) is 0 Å². The van der Waals surface area contributed by atoms with E-state index in [0.717, 1.165) is 0 Å². The van der Waals surface area contributed by atoms with Gasteiger partial charge in [0.2, 0.25) is 0 Å². The molecule has 0 spiro atoms. The summed E-state index contributed by atoms with van der Waals surface area (Å²) in [5.74, 6) is 0. The van der Waals surface area contributed by atoms with Gasteiger partial charge in [0.05, 0.1) is 0 Å². The summed E-state index contributed by atoms with van der Waals surface area (Å²) in [5, 5.41) is 0. The summed E-state index contributed by atoms with van der Waals surface area (Å²) in [6, 6.07) is 0. The lowest BCUT2D eigenvalue weighted by Gasteiger charge is -1.55. The maximum Gasteiger partial charge on any atom is 0.166 e. The highest BCUT2D eigenvalue weighted by Gasteiger charge is 1.54. The van der Waals surface area contributed by atoms with Gasteiger partial charge in [-0.05, 0) is 0 Å². The third-order valence-electron chi connectivity index (χ3n) is 0.350. The fourth-order valence-electron chi connectivity index (χ4n) is 0.136. The Bertz CT molecular complexity index is 62.0. The number of hydrogen-bond acceptors (Lipinski definition) is 0. The molecular formula is C5H8N+. The molecule has 0 bridgehead atoms. The molecule has 0 fully saturated rings. The highest BCUT2D eigenvalue weighted by molar-refractivity contribution is 5.13. The van der Waals surface area contributed by atoms with E-state index in [1.165, 1.54) is 0 Å². The van der Waals surface area contributed by atoms with Crippen molar-refractivity contribution in [2.75, 3.05) is 0 Å². The van der Waals surface area contributed by atoms with Crippen LogP contribution in [0.25, 0.3) is 0 Å². The molecule has 1 heteroatoms. The first kappa shape index (κ1) is 5.15. The molecule has 6 heavy (non-hydrogen) atoms. The normalized spacial score (nSPS) is 8.67. The Morgan fingerprint density at radius 2 is 2.17 bits per heavy atom. The Morgan fingerprint density at radius 3 is 2.33 bits per heavy atom. The number of allylic oxidation sites excluding steroid dienone is 2. The second-order valence-corrected chi connectivity index (χ2v) is 0.799. The summed E-state index contributed by atoms with van der Waals surface area (Å²) < 4.78 is 0. The predicted molar refractivity (Wildman–Crippen MR) is 27.4 cm³/mol. The number of nitrogens with one attached hydrogen (secondary N) is 1. The fourth-order valence-corrected chi connectivity index (χ4v) is 0.136. The first-order valence-corrected chi connectivity index (χ1v) is 1.72. The average Bonchev–Trinajstić information content (AvgIpc) is 1.61. The van der Waals surface area contributed by atoms with Gasteiger partial charge in [0.1, 0.15) is 6.72 Å². The average molecular weight is 82.1 g/mol. The van der Waals surface area contributed by atoms with E-state index < -0.39 is 0 Å².